The molecule has 0 radical (unpaired) electrons. The topological polar surface area (TPSA) is 265 Å². The molecule has 0 spiro atoms. The van der Waals surface area contributed by atoms with Gasteiger partial charge in [0.1, 0.15) is 24.4 Å². The molecule has 2 aromatic carbocycles. The van der Waals surface area contributed by atoms with E-state index in [4.69, 9.17) is 5.73 Å². The van der Waals surface area contributed by atoms with Crippen LogP contribution in [0.4, 0.5) is 0 Å². The maximum absolute atomic E-state index is 14.3. The van der Waals surface area contributed by atoms with Gasteiger partial charge in [-0.1, -0.05) is 69.3 Å². The van der Waals surface area contributed by atoms with Gasteiger partial charge in [0.15, 0.2) is 0 Å². The van der Waals surface area contributed by atoms with E-state index in [0.717, 1.165) is 24.8 Å². The van der Waals surface area contributed by atoms with E-state index in [1.54, 1.807) is 14.1 Å². The van der Waals surface area contributed by atoms with Crippen LogP contribution in [0.15, 0.2) is 48.5 Å². The molecule has 396 valence electrons. The highest BCUT2D eigenvalue weighted by Crippen LogP contribution is 2.32. The summed E-state index contributed by atoms with van der Waals surface area (Å²) >= 11 is 0. The van der Waals surface area contributed by atoms with Gasteiger partial charge in [0, 0.05) is 50.6 Å². The zero-order valence-electron chi connectivity index (χ0n) is 43.3. The van der Waals surface area contributed by atoms with Crippen LogP contribution in [0.3, 0.4) is 0 Å². The third-order valence-electron chi connectivity index (χ3n) is 14.0. The average molecular weight is 1000 g/mol. The molecule has 6 rings (SSSR count). The summed E-state index contributed by atoms with van der Waals surface area (Å²) in [5.74, 6) is -2.49. The third kappa shape index (κ3) is 16.4. The lowest BCUT2D eigenvalue weighted by Crippen LogP contribution is -2.58. The van der Waals surface area contributed by atoms with Crippen molar-refractivity contribution in [2.75, 3.05) is 53.9 Å². The van der Waals surface area contributed by atoms with Gasteiger partial charge < -0.3 is 62.9 Å². The summed E-state index contributed by atoms with van der Waals surface area (Å²) in [5.41, 5.74) is 10.6. The molecule has 72 heavy (non-hydrogen) atoms. The highest BCUT2D eigenvalue weighted by Gasteiger charge is 2.46. The van der Waals surface area contributed by atoms with Crippen molar-refractivity contribution in [2.24, 2.45) is 11.1 Å². The van der Waals surface area contributed by atoms with E-state index in [1.807, 2.05) is 46.0 Å². The number of aldehydes is 1. The van der Waals surface area contributed by atoms with Crippen LogP contribution in [0, 0.1) is 5.41 Å². The minimum absolute atomic E-state index is 0.00214. The number of aryl methyl sites for hydroxylation is 2. The maximum atomic E-state index is 14.3. The normalized spacial score (nSPS) is 22.2. The number of nitrogens with zero attached hydrogens (tertiary/aromatic N) is 2. The Bertz CT molecular complexity index is 2180. The van der Waals surface area contributed by atoms with Gasteiger partial charge in [0.2, 0.25) is 41.4 Å². The minimum atomic E-state index is -0.931. The first-order valence-corrected chi connectivity index (χ1v) is 25.9. The lowest BCUT2D eigenvalue weighted by Gasteiger charge is -2.36. The van der Waals surface area contributed by atoms with Crippen molar-refractivity contribution in [3.8, 4) is 0 Å². The van der Waals surface area contributed by atoms with Crippen LogP contribution in [0.5, 0.6) is 0 Å². The van der Waals surface area contributed by atoms with E-state index in [9.17, 15) is 38.4 Å². The monoisotopic (exact) mass is 1000 g/mol. The number of amides is 7. The van der Waals surface area contributed by atoms with Gasteiger partial charge in [-0.2, -0.15) is 0 Å². The van der Waals surface area contributed by atoms with Crippen LogP contribution in [-0.2, 0) is 51.2 Å². The molecule has 2 fully saturated rings. The van der Waals surface area contributed by atoms with Gasteiger partial charge in [-0.05, 0) is 119 Å². The fourth-order valence-electron chi connectivity index (χ4n) is 10.3. The van der Waals surface area contributed by atoms with Gasteiger partial charge in [-0.15, -0.1) is 0 Å². The number of hydrogen-bond donors (Lipinski definition) is 9. The predicted molar refractivity (Wildman–Crippen MR) is 275 cm³/mol. The highest BCUT2D eigenvalue weighted by molar-refractivity contribution is 5.94. The van der Waals surface area contributed by atoms with Crippen LogP contribution >= 0.6 is 0 Å². The first kappa shape index (κ1) is 57.1. The third-order valence-corrected chi connectivity index (χ3v) is 14.0. The second-order valence-electron chi connectivity index (χ2n) is 20.7. The fourth-order valence-corrected chi connectivity index (χ4v) is 10.3. The molecule has 8 atom stereocenters. The minimum Gasteiger partial charge on any atom is -0.356 e. The molecule has 19 heteroatoms. The molecule has 0 bridgehead atoms. The van der Waals surface area contributed by atoms with Crippen molar-refractivity contribution < 1.29 is 38.4 Å². The zero-order valence-corrected chi connectivity index (χ0v) is 43.3. The maximum Gasteiger partial charge on any atom is 0.246 e. The molecule has 8 unspecified atom stereocenters. The average Bonchev–Trinajstić information content (AvgIpc) is 3.96. The largest absolute Gasteiger partial charge is 0.356 e. The molecule has 10 N–H and O–H groups in total. The van der Waals surface area contributed by atoms with Gasteiger partial charge in [0.05, 0.1) is 25.2 Å². The van der Waals surface area contributed by atoms with Crippen LogP contribution in [0.25, 0.3) is 0 Å². The molecule has 0 aromatic heterocycles. The molecule has 2 heterocycles. The Balaban J connectivity index is 0.000000692. The summed E-state index contributed by atoms with van der Waals surface area (Å²) in [4.78, 5) is 107. The highest BCUT2D eigenvalue weighted by atomic mass is 16.2. The van der Waals surface area contributed by atoms with Gasteiger partial charge in [-0.25, -0.2) is 0 Å². The number of nitrogens with two attached hydrogens (primary N) is 1. The van der Waals surface area contributed by atoms with Gasteiger partial charge in [-0.3, -0.25) is 33.6 Å². The smallest absolute Gasteiger partial charge is 0.246 e. The van der Waals surface area contributed by atoms with E-state index in [-0.39, 0.29) is 106 Å². The molecule has 2 aliphatic heterocycles. The van der Waals surface area contributed by atoms with E-state index in [1.165, 1.54) is 45.8 Å². The molecule has 4 aliphatic rings. The number of benzene rings is 2. The van der Waals surface area contributed by atoms with Crippen LogP contribution < -0.4 is 48.3 Å². The van der Waals surface area contributed by atoms with Crippen molar-refractivity contribution in [3.05, 3.63) is 70.8 Å². The van der Waals surface area contributed by atoms with E-state index in [2.05, 4.69) is 72.9 Å². The molecule has 0 saturated carbocycles. The second kappa shape index (κ2) is 27.9. The van der Waals surface area contributed by atoms with Gasteiger partial charge in [0.25, 0.3) is 0 Å². The fraction of sp³-hybridized carbons (Fsp3) is 0.623. The molecule has 2 aromatic rings. The summed E-state index contributed by atoms with van der Waals surface area (Å²) in [6.45, 7) is 6.04. The standard InChI is InChI=1S/C42H66N10O8.C11H15N/c1-42(2,3)38(50-37(57)22-45-5)41(60)52-24-28(20-33(52)39(58)49-31-14-8-12-26-11-6-7-13-30(26)31)47-35(55)17-9-16-34(54)46-18-10-15-32(48-36(56)21-44-4)40(59)51-23-27(43)19-29(51)25-53;1-12-11-8-4-6-9-5-2-3-7-10(9)11/h6-7,11,13,25,27-29,31-33,38,44-45H,8-10,12,14-24,43H2,1-5H3,(H,46,54)(H,47,55)(H,48,56)(H,49,58)(H,50,57);2-3,5,7,11-12H,4,6,8H2,1H3. The Hall–Kier alpha value is -5.76. The number of carbonyl (C=O) groups is 8. The molecular formula is C53H81N11O8. The summed E-state index contributed by atoms with van der Waals surface area (Å²) in [6.07, 6.45) is 8.59. The molecular weight excluding hydrogens is 919 g/mol. The number of carbonyl (C=O) groups excluding carboxylic acids is 8. The summed E-state index contributed by atoms with van der Waals surface area (Å²) in [6, 6.07) is 12.9. The number of hydrogen-bond acceptors (Lipinski definition) is 12. The van der Waals surface area contributed by atoms with Crippen LogP contribution in [0.2, 0.25) is 0 Å². The van der Waals surface area contributed by atoms with Crippen molar-refractivity contribution in [1.29, 1.82) is 0 Å². The lowest BCUT2D eigenvalue weighted by atomic mass is 9.85. The molecule has 2 aliphatic carbocycles. The van der Waals surface area contributed by atoms with Crippen molar-refractivity contribution in [3.63, 3.8) is 0 Å². The summed E-state index contributed by atoms with van der Waals surface area (Å²) in [7, 11) is 5.29. The SMILES string of the molecule is CNC1CCCc2ccccc21.CNCC(=O)NC(CCCNC(=O)CCCC(=O)NC1CC(C(=O)NC2CCCc3ccccc32)N(C(=O)C(NC(=O)CNC)C(C)(C)C)C1)C(=O)N1CC(N)CC1C=O. The van der Waals surface area contributed by atoms with Crippen molar-refractivity contribution >= 4 is 47.6 Å². The first-order valence-electron chi connectivity index (χ1n) is 25.9. The first-order chi connectivity index (χ1) is 34.5. The summed E-state index contributed by atoms with van der Waals surface area (Å²) < 4.78 is 0. The van der Waals surface area contributed by atoms with Crippen LogP contribution in [0.1, 0.15) is 126 Å². The Morgan fingerprint density at radius 1 is 0.708 bits per heavy atom. The lowest BCUT2D eigenvalue weighted by molar-refractivity contribution is -0.144. The van der Waals surface area contributed by atoms with Crippen molar-refractivity contribution in [1.82, 2.24) is 52.3 Å². The number of rotatable bonds is 21. The van der Waals surface area contributed by atoms with E-state index < -0.39 is 47.4 Å². The Kier molecular flexibility index (Phi) is 22.1. The number of fused-ring (bicyclic) bond motifs is 2. The van der Waals surface area contributed by atoms with Gasteiger partial charge >= 0.3 is 0 Å². The quantitative estimate of drug-likeness (QED) is 0.0632. The number of likely N-dealkylation sites (tertiary alicyclic amines) is 2. The predicted octanol–water partition coefficient (Wildman–Crippen LogP) is 1.20. The Labute approximate surface area is 425 Å². The van der Waals surface area contributed by atoms with Crippen LogP contribution in [-0.4, -0.2) is 148 Å². The molecule has 2 saturated heterocycles. The Morgan fingerprint density at radius 2 is 1.31 bits per heavy atom. The van der Waals surface area contributed by atoms with E-state index >= 15 is 0 Å². The number of likely N-dealkylation sites (N-methyl/N-ethyl adjacent to an activating group) is 2. The number of nitrogens with one attached hydrogen (secondary N) is 8. The second-order valence-corrected chi connectivity index (χ2v) is 20.7. The molecule has 19 nitrogen and oxygen atoms in total. The van der Waals surface area contributed by atoms with E-state index in [0.29, 0.717) is 25.2 Å². The summed E-state index contributed by atoms with van der Waals surface area (Å²) in [5, 5.41) is 23.4. The Morgan fingerprint density at radius 3 is 1.92 bits per heavy atom. The zero-order chi connectivity index (χ0) is 52.4. The van der Waals surface area contributed by atoms with Crippen molar-refractivity contribution in [2.45, 2.75) is 153 Å². The molecule has 7 amide bonds.